The van der Waals surface area contributed by atoms with E-state index in [1.165, 1.54) is 12.8 Å². The van der Waals surface area contributed by atoms with E-state index in [1.807, 2.05) is 31.3 Å². The van der Waals surface area contributed by atoms with Gasteiger partial charge in [0.2, 0.25) is 0 Å². The first kappa shape index (κ1) is 14.4. The molecule has 1 aliphatic rings. The molecule has 1 amide bonds. The van der Waals surface area contributed by atoms with Gasteiger partial charge in [0.05, 0.1) is 5.52 Å². The van der Waals surface area contributed by atoms with Crippen LogP contribution < -0.4 is 5.32 Å². The molecule has 21 heavy (non-hydrogen) atoms. The molecule has 2 atom stereocenters. The SMILES string of the molecule is Cn1nc(C(=O)NCC2CCCC2CCl)c2ccccc21. The molecule has 4 nitrogen and oxygen atoms in total. The zero-order valence-corrected chi connectivity index (χ0v) is 12.9. The van der Waals surface area contributed by atoms with Gasteiger partial charge in [-0.3, -0.25) is 9.48 Å². The number of aromatic nitrogens is 2. The zero-order valence-electron chi connectivity index (χ0n) is 12.2. The van der Waals surface area contributed by atoms with Gasteiger partial charge in [-0.2, -0.15) is 5.10 Å². The minimum absolute atomic E-state index is 0.0907. The van der Waals surface area contributed by atoms with Gasteiger partial charge < -0.3 is 5.32 Å². The first-order chi connectivity index (χ1) is 10.2. The molecule has 1 aromatic heterocycles. The van der Waals surface area contributed by atoms with Crippen LogP contribution in [0, 0.1) is 11.8 Å². The fourth-order valence-electron chi connectivity index (χ4n) is 3.27. The monoisotopic (exact) mass is 305 g/mol. The number of rotatable bonds is 4. The summed E-state index contributed by atoms with van der Waals surface area (Å²) in [6.45, 7) is 0.696. The third kappa shape index (κ3) is 2.77. The fraction of sp³-hybridized carbons (Fsp3) is 0.500. The van der Waals surface area contributed by atoms with Gasteiger partial charge in [-0.1, -0.05) is 24.6 Å². The average molecular weight is 306 g/mol. The first-order valence-electron chi connectivity index (χ1n) is 7.46. The largest absolute Gasteiger partial charge is 0.350 e. The highest BCUT2D eigenvalue weighted by atomic mass is 35.5. The molecule has 2 unspecified atom stereocenters. The Balaban J connectivity index is 1.73. The van der Waals surface area contributed by atoms with E-state index in [4.69, 9.17) is 11.6 Å². The van der Waals surface area contributed by atoms with Gasteiger partial charge >= 0.3 is 0 Å². The molecule has 1 aliphatic carbocycles. The van der Waals surface area contributed by atoms with E-state index in [2.05, 4.69) is 10.4 Å². The van der Waals surface area contributed by atoms with Crippen molar-refractivity contribution in [2.24, 2.45) is 18.9 Å². The maximum absolute atomic E-state index is 12.4. The van der Waals surface area contributed by atoms with Crippen LogP contribution in [0.1, 0.15) is 29.8 Å². The van der Waals surface area contributed by atoms with E-state index in [-0.39, 0.29) is 5.91 Å². The van der Waals surface area contributed by atoms with E-state index in [1.54, 1.807) is 4.68 Å². The van der Waals surface area contributed by atoms with Gasteiger partial charge in [0.1, 0.15) is 0 Å². The Kier molecular flexibility index (Phi) is 4.15. The van der Waals surface area contributed by atoms with Crippen molar-refractivity contribution < 1.29 is 4.79 Å². The molecule has 0 bridgehead atoms. The lowest BCUT2D eigenvalue weighted by Gasteiger charge is -2.17. The van der Waals surface area contributed by atoms with Crippen LogP contribution in [0.2, 0.25) is 0 Å². The standard InChI is InChI=1S/C16H20ClN3O/c1-20-14-8-3-2-7-13(14)15(19-20)16(21)18-10-12-6-4-5-11(12)9-17/h2-3,7-8,11-12H,4-6,9-10H2,1H3,(H,18,21). The number of alkyl halides is 1. The molecule has 1 N–H and O–H groups in total. The fourth-order valence-corrected chi connectivity index (χ4v) is 3.68. The van der Waals surface area contributed by atoms with Crippen LogP contribution in [0.4, 0.5) is 0 Å². The van der Waals surface area contributed by atoms with Crippen LogP contribution in [-0.4, -0.2) is 28.1 Å². The number of benzene rings is 1. The summed E-state index contributed by atoms with van der Waals surface area (Å²) < 4.78 is 1.75. The number of aryl methyl sites for hydroxylation is 1. The number of nitrogens with one attached hydrogen (secondary N) is 1. The van der Waals surface area contributed by atoms with E-state index >= 15 is 0 Å². The van der Waals surface area contributed by atoms with E-state index in [0.717, 1.165) is 17.3 Å². The third-order valence-electron chi connectivity index (χ3n) is 4.51. The number of hydrogen-bond donors (Lipinski definition) is 1. The Morgan fingerprint density at radius 1 is 1.38 bits per heavy atom. The normalized spacial score (nSPS) is 21.8. The predicted molar refractivity (Wildman–Crippen MR) is 84.6 cm³/mol. The third-order valence-corrected chi connectivity index (χ3v) is 4.91. The van der Waals surface area contributed by atoms with Gasteiger partial charge in [0, 0.05) is 24.9 Å². The lowest BCUT2D eigenvalue weighted by Crippen LogP contribution is -2.31. The number of amides is 1. The van der Waals surface area contributed by atoms with Crippen molar-refractivity contribution in [1.29, 1.82) is 0 Å². The summed E-state index contributed by atoms with van der Waals surface area (Å²) in [4.78, 5) is 12.4. The lowest BCUT2D eigenvalue weighted by molar-refractivity contribution is 0.0940. The van der Waals surface area contributed by atoms with Gasteiger partial charge in [0.15, 0.2) is 5.69 Å². The van der Waals surface area contributed by atoms with Crippen molar-refractivity contribution in [3.8, 4) is 0 Å². The molecule has 0 aliphatic heterocycles. The zero-order chi connectivity index (χ0) is 14.8. The summed E-state index contributed by atoms with van der Waals surface area (Å²) in [5, 5.41) is 8.29. The average Bonchev–Trinajstić information content (AvgIpc) is 3.10. The minimum Gasteiger partial charge on any atom is -0.350 e. The number of hydrogen-bond acceptors (Lipinski definition) is 2. The van der Waals surface area contributed by atoms with Gasteiger partial charge in [0.25, 0.3) is 5.91 Å². The highest BCUT2D eigenvalue weighted by Gasteiger charge is 2.27. The van der Waals surface area contributed by atoms with Gasteiger partial charge in [-0.25, -0.2) is 0 Å². The van der Waals surface area contributed by atoms with Crippen LogP contribution >= 0.6 is 11.6 Å². The Labute approximate surface area is 129 Å². The Bertz CT molecular complexity index is 652. The van der Waals surface area contributed by atoms with E-state index in [0.29, 0.717) is 30.0 Å². The molecule has 1 aromatic carbocycles. The molecule has 112 valence electrons. The summed E-state index contributed by atoms with van der Waals surface area (Å²) in [5.74, 6) is 1.63. The van der Waals surface area contributed by atoms with Crippen molar-refractivity contribution in [2.75, 3.05) is 12.4 Å². The van der Waals surface area contributed by atoms with Crippen LogP contribution in [0.3, 0.4) is 0 Å². The summed E-state index contributed by atoms with van der Waals surface area (Å²) in [7, 11) is 1.86. The molecule has 1 heterocycles. The number of nitrogens with zero attached hydrogens (tertiary/aromatic N) is 2. The number of carbonyl (C=O) groups excluding carboxylic acids is 1. The van der Waals surface area contributed by atoms with Gasteiger partial charge in [-0.05, 0) is 30.7 Å². The van der Waals surface area contributed by atoms with Crippen molar-refractivity contribution in [3.05, 3.63) is 30.0 Å². The second-order valence-corrected chi connectivity index (χ2v) is 6.11. The number of carbonyl (C=O) groups is 1. The highest BCUT2D eigenvalue weighted by molar-refractivity contribution is 6.18. The lowest BCUT2D eigenvalue weighted by atomic mass is 9.98. The first-order valence-corrected chi connectivity index (χ1v) is 8.00. The molecule has 5 heteroatoms. The molecule has 1 fully saturated rings. The maximum Gasteiger partial charge on any atom is 0.272 e. The summed E-state index contributed by atoms with van der Waals surface area (Å²) in [6, 6.07) is 7.80. The summed E-state index contributed by atoms with van der Waals surface area (Å²) in [6.07, 6.45) is 3.54. The summed E-state index contributed by atoms with van der Waals surface area (Å²) in [5.41, 5.74) is 1.48. The van der Waals surface area contributed by atoms with Crippen molar-refractivity contribution >= 4 is 28.4 Å². The smallest absolute Gasteiger partial charge is 0.272 e. The molecule has 2 aromatic rings. The Morgan fingerprint density at radius 2 is 2.14 bits per heavy atom. The highest BCUT2D eigenvalue weighted by Crippen LogP contribution is 2.32. The maximum atomic E-state index is 12.4. The quantitative estimate of drug-likeness (QED) is 0.883. The molecule has 0 radical (unpaired) electrons. The Hall–Kier alpha value is -1.55. The van der Waals surface area contributed by atoms with Crippen molar-refractivity contribution in [2.45, 2.75) is 19.3 Å². The number of halogens is 1. The molecular formula is C16H20ClN3O. The summed E-state index contributed by atoms with van der Waals surface area (Å²) >= 11 is 5.99. The van der Waals surface area contributed by atoms with Gasteiger partial charge in [-0.15, -0.1) is 11.6 Å². The minimum atomic E-state index is -0.0907. The van der Waals surface area contributed by atoms with E-state index in [9.17, 15) is 4.79 Å². The molecule has 0 saturated heterocycles. The van der Waals surface area contributed by atoms with Crippen molar-refractivity contribution in [1.82, 2.24) is 15.1 Å². The second kappa shape index (κ2) is 6.06. The van der Waals surface area contributed by atoms with Crippen LogP contribution in [0.25, 0.3) is 10.9 Å². The molecule has 0 spiro atoms. The predicted octanol–water partition coefficient (Wildman–Crippen LogP) is 2.96. The van der Waals surface area contributed by atoms with E-state index < -0.39 is 0 Å². The van der Waals surface area contributed by atoms with Crippen LogP contribution in [0.15, 0.2) is 24.3 Å². The number of fused-ring (bicyclic) bond motifs is 1. The second-order valence-electron chi connectivity index (χ2n) is 5.80. The van der Waals surface area contributed by atoms with Crippen molar-refractivity contribution in [3.63, 3.8) is 0 Å². The molecule has 1 saturated carbocycles. The van der Waals surface area contributed by atoms with Crippen LogP contribution in [-0.2, 0) is 7.05 Å². The number of para-hydroxylation sites is 1. The topological polar surface area (TPSA) is 46.9 Å². The van der Waals surface area contributed by atoms with Crippen LogP contribution in [0.5, 0.6) is 0 Å². The molecular weight excluding hydrogens is 286 g/mol. The molecule has 3 rings (SSSR count). The Morgan fingerprint density at radius 3 is 2.95 bits per heavy atom.